The molecule has 0 aliphatic heterocycles. The largest absolute Gasteiger partial charge is 0.493 e. The van der Waals surface area contributed by atoms with Crippen LogP contribution >= 0.6 is 0 Å². The Balaban J connectivity index is 2.38. The topological polar surface area (TPSA) is 58.6 Å². The lowest BCUT2D eigenvalue weighted by Gasteiger charge is -2.11. The molecule has 1 atom stereocenters. The molecule has 1 rings (SSSR count). The first-order valence-electron chi connectivity index (χ1n) is 7.10. The second kappa shape index (κ2) is 8.59. The van der Waals surface area contributed by atoms with Gasteiger partial charge in [-0.05, 0) is 29.5 Å². The van der Waals surface area contributed by atoms with Crippen LogP contribution in [-0.2, 0) is 11.2 Å². The van der Waals surface area contributed by atoms with E-state index in [4.69, 9.17) is 9.84 Å². The molecule has 1 amide bonds. The molecule has 4 nitrogen and oxygen atoms in total. The van der Waals surface area contributed by atoms with Gasteiger partial charge in [-0.15, -0.1) is 0 Å². The van der Waals surface area contributed by atoms with Crippen molar-refractivity contribution >= 4 is 5.91 Å². The Kier molecular flexibility index (Phi) is 7.09. The summed E-state index contributed by atoms with van der Waals surface area (Å²) in [6, 6.07) is 7.60. The molecule has 0 saturated carbocycles. The van der Waals surface area contributed by atoms with Crippen LogP contribution in [0.5, 0.6) is 5.75 Å². The SMILES string of the molecule is CC(C)COc1ccc(CC(=O)NCC(C)CO)cc1. The van der Waals surface area contributed by atoms with Crippen LogP contribution in [0.2, 0.25) is 0 Å². The van der Waals surface area contributed by atoms with Gasteiger partial charge in [-0.2, -0.15) is 0 Å². The van der Waals surface area contributed by atoms with E-state index in [1.807, 2.05) is 31.2 Å². The highest BCUT2D eigenvalue weighted by atomic mass is 16.5. The molecule has 0 aliphatic rings. The van der Waals surface area contributed by atoms with Crippen LogP contribution < -0.4 is 10.1 Å². The quantitative estimate of drug-likeness (QED) is 0.765. The Hall–Kier alpha value is -1.55. The van der Waals surface area contributed by atoms with Gasteiger partial charge in [0.15, 0.2) is 0 Å². The van der Waals surface area contributed by atoms with Crippen molar-refractivity contribution in [1.82, 2.24) is 5.32 Å². The summed E-state index contributed by atoms with van der Waals surface area (Å²) in [5.74, 6) is 1.39. The Bertz CT molecular complexity index is 401. The van der Waals surface area contributed by atoms with Crippen molar-refractivity contribution < 1.29 is 14.6 Å². The second-order valence-electron chi connectivity index (χ2n) is 5.62. The summed E-state index contributed by atoms with van der Waals surface area (Å²) in [4.78, 5) is 11.7. The zero-order valence-corrected chi connectivity index (χ0v) is 12.6. The van der Waals surface area contributed by atoms with Crippen molar-refractivity contribution in [1.29, 1.82) is 0 Å². The van der Waals surface area contributed by atoms with Crippen LogP contribution in [0.15, 0.2) is 24.3 Å². The van der Waals surface area contributed by atoms with Gasteiger partial charge in [0.05, 0.1) is 13.0 Å². The molecule has 0 aliphatic carbocycles. The van der Waals surface area contributed by atoms with Gasteiger partial charge in [0, 0.05) is 13.2 Å². The van der Waals surface area contributed by atoms with Gasteiger partial charge in [0.1, 0.15) is 5.75 Å². The smallest absolute Gasteiger partial charge is 0.224 e. The van der Waals surface area contributed by atoms with Gasteiger partial charge in [0.25, 0.3) is 0 Å². The summed E-state index contributed by atoms with van der Waals surface area (Å²) in [6.45, 7) is 7.38. The van der Waals surface area contributed by atoms with Gasteiger partial charge in [-0.25, -0.2) is 0 Å². The Morgan fingerprint density at radius 2 is 1.90 bits per heavy atom. The number of hydrogen-bond donors (Lipinski definition) is 2. The maximum atomic E-state index is 11.7. The number of amides is 1. The highest BCUT2D eigenvalue weighted by molar-refractivity contribution is 5.78. The van der Waals surface area contributed by atoms with Gasteiger partial charge < -0.3 is 15.2 Å². The molecule has 2 N–H and O–H groups in total. The third-order valence-electron chi connectivity index (χ3n) is 2.83. The normalized spacial score (nSPS) is 12.2. The summed E-state index contributed by atoms with van der Waals surface area (Å²) < 4.78 is 5.59. The summed E-state index contributed by atoms with van der Waals surface area (Å²) >= 11 is 0. The van der Waals surface area contributed by atoms with Crippen LogP contribution in [0.4, 0.5) is 0 Å². The summed E-state index contributed by atoms with van der Waals surface area (Å²) in [5.41, 5.74) is 0.955. The zero-order chi connectivity index (χ0) is 15.0. The molecule has 1 unspecified atom stereocenters. The van der Waals surface area contributed by atoms with Crippen LogP contribution in [0.1, 0.15) is 26.3 Å². The number of hydrogen-bond acceptors (Lipinski definition) is 3. The predicted octanol–water partition coefficient (Wildman–Crippen LogP) is 2.01. The maximum absolute atomic E-state index is 11.7. The zero-order valence-electron chi connectivity index (χ0n) is 12.6. The minimum absolute atomic E-state index is 0.0267. The van der Waals surface area contributed by atoms with Crippen molar-refractivity contribution in [3.05, 3.63) is 29.8 Å². The molecular weight excluding hydrogens is 254 g/mol. The third kappa shape index (κ3) is 6.57. The molecule has 4 heteroatoms. The first-order chi connectivity index (χ1) is 9.51. The molecular formula is C16H25NO3. The van der Waals surface area contributed by atoms with Crippen molar-refractivity contribution in [2.24, 2.45) is 11.8 Å². The Labute approximate surface area is 121 Å². The van der Waals surface area contributed by atoms with Crippen LogP contribution in [-0.4, -0.2) is 30.8 Å². The number of aliphatic hydroxyl groups is 1. The third-order valence-corrected chi connectivity index (χ3v) is 2.83. The van der Waals surface area contributed by atoms with Crippen LogP contribution in [0, 0.1) is 11.8 Å². The number of nitrogens with one attached hydrogen (secondary N) is 1. The van der Waals surface area contributed by atoms with Gasteiger partial charge in [-0.1, -0.05) is 32.9 Å². The van der Waals surface area contributed by atoms with E-state index in [1.165, 1.54) is 0 Å². The minimum atomic E-state index is -0.0267. The number of benzene rings is 1. The van der Waals surface area contributed by atoms with Crippen molar-refractivity contribution in [3.63, 3.8) is 0 Å². The first-order valence-corrected chi connectivity index (χ1v) is 7.10. The van der Waals surface area contributed by atoms with E-state index in [1.54, 1.807) is 0 Å². The molecule has 0 bridgehead atoms. The van der Waals surface area contributed by atoms with Crippen molar-refractivity contribution in [2.75, 3.05) is 19.8 Å². The van der Waals surface area contributed by atoms with E-state index in [0.717, 1.165) is 11.3 Å². The fourth-order valence-electron chi connectivity index (χ4n) is 1.57. The number of ether oxygens (including phenoxy) is 1. The summed E-state index contributed by atoms with van der Waals surface area (Å²) in [5, 5.41) is 11.7. The standard InChI is InChI=1S/C16H25NO3/c1-12(2)11-20-15-6-4-14(5-7-15)8-16(19)17-9-13(3)10-18/h4-7,12-13,18H,8-11H2,1-3H3,(H,17,19). The van der Waals surface area contributed by atoms with Gasteiger partial charge >= 0.3 is 0 Å². The van der Waals surface area contributed by atoms with Crippen LogP contribution in [0.25, 0.3) is 0 Å². The number of aliphatic hydroxyl groups excluding tert-OH is 1. The molecule has 0 radical (unpaired) electrons. The highest BCUT2D eigenvalue weighted by Gasteiger charge is 2.06. The molecule has 0 heterocycles. The van der Waals surface area contributed by atoms with E-state index in [-0.39, 0.29) is 18.4 Å². The van der Waals surface area contributed by atoms with Gasteiger partial charge in [0.2, 0.25) is 5.91 Å². The van der Waals surface area contributed by atoms with E-state index >= 15 is 0 Å². The summed E-state index contributed by atoms with van der Waals surface area (Å²) in [6.07, 6.45) is 0.350. The van der Waals surface area contributed by atoms with Crippen LogP contribution in [0.3, 0.4) is 0 Å². The van der Waals surface area contributed by atoms with Gasteiger partial charge in [-0.3, -0.25) is 4.79 Å². The predicted molar refractivity (Wildman–Crippen MR) is 79.7 cm³/mol. The molecule has 1 aromatic carbocycles. The monoisotopic (exact) mass is 279 g/mol. The first kappa shape index (κ1) is 16.5. The Morgan fingerprint density at radius 3 is 2.45 bits per heavy atom. The minimum Gasteiger partial charge on any atom is -0.493 e. The fourth-order valence-corrected chi connectivity index (χ4v) is 1.57. The van der Waals surface area contributed by atoms with E-state index in [2.05, 4.69) is 19.2 Å². The van der Waals surface area contributed by atoms with E-state index in [0.29, 0.717) is 25.5 Å². The molecule has 0 spiro atoms. The van der Waals surface area contributed by atoms with E-state index in [9.17, 15) is 4.79 Å². The lowest BCUT2D eigenvalue weighted by molar-refractivity contribution is -0.120. The van der Waals surface area contributed by atoms with E-state index < -0.39 is 0 Å². The number of carbonyl (C=O) groups is 1. The molecule has 20 heavy (non-hydrogen) atoms. The molecule has 112 valence electrons. The number of carbonyl (C=O) groups excluding carboxylic acids is 1. The number of rotatable bonds is 8. The lowest BCUT2D eigenvalue weighted by atomic mass is 10.1. The average Bonchev–Trinajstić information content (AvgIpc) is 2.44. The molecule has 1 aromatic rings. The van der Waals surface area contributed by atoms with Crippen molar-refractivity contribution in [2.45, 2.75) is 27.2 Å². The fraction of sp³-hybridized carbons (Fsp3) is 0.562. The molecule has 0 aromatic heterocycles. The van der Waals surface area contributed by atoms with Crippen molar-refractivity contribution in [3.8, 4) is 5.75 Å². The second-order valence-corrected chi connectivity index (χ2v) is 5.62. The maximum Gasteiger partial charge on any atom is 0.224 e. The lowest BCUT2D eigenvalue weighted by Crippen LogP contribution is -2.30. The Morgan fingerprint density at radius 1 is 1.25 bits per heavy atom. The highest BCUT2D eigenvalue weighted by Crippen LogP contribution is 2.13. The molecule has 0 fully saturated rings. The molecule has 0 saturated heterocycles. The summed E-state index contributed by atoms with van der Waals surface area (Å²) in [7, 11) is 0. The average molecular weight is 279 g/mol.